The largest absolute Gasteiger partial charge is 0.384 e. The Morgan fingerprint density at radius 3 is 2.95 bits per heavy atom. The van der Waals surface area contributed by atoms with Crippen LogP contribution in [0.2, 0.25) is 0 Å². The summed E-state index contributed by atoms with van der Waals surface area (Å²) in [6.07, 6.45) is 1.31. The second kappa shape index (κ2) is 6.49. The molecule has 0 radical (unpaired) electrons. The third-order valence-electron chi connectivity index (χ3n) is 2.63. The minimum Gasteiger partial charge on any atom is -0.384 e. The van der Waals surface area contributed by atoms with Crippen molar-refractivity contribution in [2.75, 3.05) is 6.61 Å². The summed E-state index contributed by atoms with van der Waals surface area (Å²) < 4.78 is 27.1. The first-order chi connectivity index (χ1) is 10.0. The Bertz CT molecular complexity index is 760. The zero-order valence-electron chi connectivity index (χ0n) is 11.2. The molecule has 21 heavy (non-hydrogen) atoms. The molecular weight excluding hydrogens is 292 g/mol. The number of hydrogen-bond acceptors (Lipinski definition) is 5. The van der Waals surface area contributed by atoms with Crippen molar-refractivity contribution in [2.24, 2.45) is 0 Å². The summed E-state index contributed by atoms with van der Waals surface area (Å²) in [4.78, 5) is 4.00. The Balaban J connectivity index is 2.23. The maximum atomic E-state index is 12.3. The molecule has 3 N–H and O–H groups in total. The number of aliphatic hydroxyl groups is 1. The average Bonchev–Trinajstić information content (AvgIpc) is 2.99. The second-order valence-corrected chi connectivity index (χ2v) is 5.92. The van der Waals surface area contributed by atoms with Crippen molar-refractivity contribution < 1.29 is 13.5 Å². The summed E-state index contributed by atoms with van der Waals surface area (Å²) >= 11 is 0. The maximum absolute atomic E-state index is 12.3. The van der Waals surface area contributed by atoms with E-state index >= 15 is 0 Å². The van der Waals surface area contributed by atoms with Crippen molar-refractivity contribution in [3.63, 3.8) is 0 Å². The molecule has 7 nitrogen and oxygen atoms in total. The van der Waals surface area contributed by atoms with Gasteiger partial charge in [0.15, 0.2) is 0 Å². The zero-order chi connectivity index (χ0) is 15.3. The van der Waals surface area contributed by atoms with E-state index in [-0.39, 0.29) is 11.5 Å². The molecule has 8 heteroatoms. The Morgan fingerprint density at radius 2 is 2.29 bits per heavy atom. The van der Waals surface area contributed by atoms with Gasteiger partial charge in [0, 0.05) is 5.56 Å². The van der Waals surface area contributed by atoms with Gasteiger partial charge in [-0.25, -0.2) is 18.1 Å². The highest BCUT2D eigenvalue weighted by Gasteiger charge is 2.19. The molecule has 0 saturated carbocycles. The lowest BCUT2D eigenvalue weighted by Gasteiger charge is -2.11. The lowest BCUT2D eigenvalue weighted by molar-refractivity contribution is 0.350. The molecule has 2 aromatic rings. The second-order valence-electron chi connectivity index (χ2n) is 4.20. The molecule has 1 heterocycles. The molecule has 0 fully saturated rings. The lowest BCUT2D eigenvalue weighted by atomic mass is 10.2. The highest BCUT2D eigenvalue weighted by atomic mass is 32.2. The van der Waals surface area contributed by atoms with Crippen LogP contribution in [0.15, 0.2) is 35.5 Å². The number of H-pyrrole nitrogens is 1. The molecule has 110 valence electrons. The van der Waals surface area contributed by atoms with E-state index in [0.717, 1.165) is 0 Å². The van der Waals surface area contributed by atoms with Gasteiger partial charge in [-0.3, -0.25) is 5.10 Å². The third kappa shape index (κ3) is 3.88. The van der Waals surface area contributed by atoms with Crippen LogP contribution < -0.4 is 4.72 Å². The summed E-state index contributed by atoms with van der Waals surface area (Å²) in [5, 5.41) is 15.0. The average molecular weight is 306 g/mol. The van der Waals surface area contributed by atoms with Crippen LogP contribution in [0.4, 0.5) is 0 Å². The molecule has 0 bridgehead atoms. The minimum atomic E-state index is -3.70. The summed E-state index contributed by atoms with van der Waals surface area (Å²) in [5.74, 6) is 5.57. The number of hydrogen-bond donors (Lipinski definition) is 3. The minimum absolute atomic E-state index is 0.0959. The number of aliphatic hydroxyl groups excluding tert-OH is 1. The number of rotatable bonds is 4. The van der Waals surface area contributed by atoms with Crippen LogP contribution in [0.25, 0.3) is 0 Å². The Kier molecular flexibility index (Phi) is 4.70. The number of nitrogens with zero attached hydrogens (tertiary/aromatic N) is 2. The molecule has 0 saturated heterocycles. The van der Waals surface area contributed by atoms with E-state index in [1.807, 2.05) is 0 Å². The molecule has 1 unspecified atom stereocenters. The molecule has 0 aliphatic carbocycles. The molecule has 0 aliphatic rings. The molecule has 1 atom stereocenters. The van der Waals surface area contributed by atoms with Gasteiger partial charge in [-0.15, -0.1) is 0 Å². The number of aromatic amines is 1. The van der Waals surface area contributed by atoms with Crippen LogP contribution in [0, 0.1) is 11.8 Å². The van der Waals surface area contributed by atoms with E-state index in [1.165, 1.54) is 18.5 Å². The number of sulfonamides is 1. The fourth-order valence-corrected chi connectivity index (χ4v) is 2.92. The van der Waals surface area contributed by atoms with Crippen molar-refractivity contribution in [2.45, 2.75) is 17.9 Å². The van der Waals surface area contributed by atoms with Gasteiger partial charge in [0.05, 0.1) is 10.9 Å². The predicted octanol–water partition coefficient (Wildman–Crippen LogP) is 0.188. The number of benzene rings is 1. The first-order valence-corrected chi connectivity index (χ1v) is 7.58. The van der Waals surface area contributed by atoms with Crippen LogP contribution in [0.3, 0.4) is 0 Å². The van der Waals surface area contributed by atoms with Crippen LogP contribution in [0.5, 0.6) is 0 Å². The fraction of sp³-hybridized carbons (Fsp3) is 0.231. The van der Waals surface area contributed by atoms with Gasteiger partial charge in [-0.1, -0.05) is 17.9 Å². The van der Waals surface area contributed by atoms with Gasteiger partial charge in [-0.05, 0) is 25.1 Å². The Labute approximate surface area is 122 Å². The van der Waals surface area contributed by atoms with Crippen LogP contribution in [0.1, 0.15) is 24.4 Å². The van der Waals surface area contributed by atoms with Gasteiger partial charge in [0.2, 0.25) is 10.0 Å². The fourth-order valence-electron chi connectivity index (χ4n) is 1.66. The van der Waals surface area contributed by atoms with Gasteiger partial charge in [-0.2, -0.15) is 5.10 Å². The summed E-state index contributed by atoms with van der Waals surface area (Å²) in [7, 11) is -3.70. The number of nitrogens with one attached hydrogen (secondary N) is 2. The smallest absolute Gasteiger partial charge is 0.241 e. The summed E-state index contributed by atoms with van der Waals surface area (Å²) in [6, 6.07) is 5.64. The highest BCUT2D eigenvalue weighted by Crippen LogP contribution is 2.15. The summed E-state index contributed by atoms with van der Waals surface area (Å²) in [6.45, 7) is 1.38. The molecular formula is C13H14N4O3S. The predicted molar refractivity (Wildman–Crippen MR) is 75.5 cm³/mol. The van der Waals surface area contributed by atoms with E-state index in [2.05, 4.69) is 31.7 Å². The van der Waals surface area contributed by atoms with Gasteiger partial charge < -0.3 is 5.11 Å². The quantitative estimate of drug-likeness (QED) is 0.699. The SMILES string of the molecule is CC(NS(=O)(=O)c1cccc(C#CCO)c1)c1ncn[nH]1. The van der Waals surface area contributed by atoms with Gasteiger partial charge in [0.1, 0.15) is 18.8 Å². The number of aromatic nitrogens is 3. The molecule has 0 amide bonds. The maximum Gasteiger partial charge on any atom is 0.241 e. The van der Waals surface area contributed by atoms with Crippen molar-refractivity contribution in [1.29, 1.82) is 0 Å². The monoisotopic (exact) mass is 306 g/mol. The normalized spacial score (nSPS) is 12.5. The Hall–Kier alpha value is -2.21. The van der Waals surface area contributed by atoms with Crippen molar-refractivity contribution >= 4 is 10.0 Å². The zero-order valence-corrected chi connectivity index (χ0v) is 12.1. The lowest BCUT2D eigenvalue weighted by Crippen LogP contribution is -2.27. The van der Waals surface area contributed by atoms with Crippen molar-refractivity contribution in [3.8, 4) is 11.8 Å². The van der Waals surface area contributed by atoms with Crippen molar-refractivity contribution in [3.05, 3.63) is 42.0 Å². The molecule has 1 aromatic carbocycles. The van der Waals surface area contributed by atoms with E-state index in [1.54, 1.807) is 19.1 Å². The van der Waals surface area contributed by atoms with E-state index in [9.17, 15) is 8.42 Å². The van der Waals surface area contributed by atoms with E-state index in [0.29, 0.717) is 11.4 Å². The van der Waals surface area contributed by atoms with Crippen LogP contribution in [-0.4, -0.2) is 35.3 Å². The van der Waals surface area contributed by atoms with Crippen molar-refractivity contribution in [1.82, 2.24) is 19.9 Å². The standard InChI is InChI=1S/C13H14N4O3S/c1-10(13-14-9-15-16-13)17-21(19,20)12-6-2-4-11(8-12)5-3-7-18/h2,4,6,8-10,17-18H,7H2,1H3,(H,14,15,16). The first-order valence-electron chi connectivity index (χ1n) is 6.10. The van der Waals surface area contributed by atoms with Gasteiger partial charge >= 0.3 is 0 Å². The molecule has 0 spiro atoms. The molecule has 0 aliphatic heterocycles. The first kappa shape index (κ1) is 15.2. The molecule has 1 aromatic heterocycles. The van der Waals surface area contributed by atoms with Crippen LogP contribution >= 0.6 is 0 Å². The van der Waals surface area contributed by atoms with Gasteiger partial charge in [0.25, 0.3) is 0 Å². The van der Waals surface area contributed by atoms with Crippen LogP contribution in [-0.2, 0) is 10.0 Å². The topological polar surface area (TPSA) is 108 Å². The molecule has 2 rings (SSSR count). The van der Waals surface area contributed by atoms with E-state index in [4.69, 9.17) is 5.11 Å². The Morgan fingerprint density at radius 1 is 1.48 bits per heavy atom. The summed E-state index contributed by atoms with van der Waals surface area (Å²) in [5.41, 5.74) is 0.513. The third-order valence-corrected chi connectivity index (χ3v) is 4.17. The van der Waals surface area contributed by atoms with E-state index < -0.39 is 16.1 Å². The highest BCUT2D eigenvalue weighted by molar-refractivity contribution is 7.89.